The van der Waals surface area contributed by atoms with Crippen molar-refractivity contribution in [1.82, 2.24) is 4.98 Å². The summed E-state index contributed by atoms with van der Waals surface area (Å²) in [7, 11) is 0. The Labute approximate surface area is 180 Å². The van der Waals surface area contributed by atoms with Crippen molar-refractivity contribution in [2.45, 2.75) is 17.9 Å². The van der Waals surface area contributed by atoms with Gasteiger partial charge in [0.25, 0.3) is 0 Å². The van der Waals surface area contributed by atoms with Crippen molar-refractivity contribution in [2.75, 3.05) is 10.7 Å². The number of benzene rings is 2. The molecule has 0 saturated carbocycles. The van der Waals surface area contributed by atoms with Crippen LogP contribution < -0.4 is 4.90 Å². The van der Waals surface area contributed by atoms with Crippen LogP contribution in [0.2, 0.25) is 5.02 Å². The van der Waals surface area contributed by atoms with Gasteiger partial charge in [-0.05, 0) is 54.6 Å². The third-order valence-electron chi connectivity index (χ3n) is 4.16. The van der Waals surface area contributed by atoms with Gasteiger partial charge in [-0.3, -0.25) is 9.69 Å². The van der Waals surface area contributed by atoms with E-state index in [0.29, 0.717) is 34.6 Å². The van der Waals surface area contributed by atoms with E-state index in [1.54, 1.807) is 35.4 Å². The maximum atomic E-state index is 13.0. The normalized spacial score (nSPS) is 11.1. The molecule has 4 rings (SSSR count). The zero-order valence-corrected chi connectivity index (χ0v) is 17.6. The van der Waals surface area contributed by atoms with Gasteiger partial charge >= 0.3 is 0 Å². The minimum atomic E-state index is -0.272. The van der Waals surface area contributed by atoms with Gasteiger partial charge in [-0.2, -0.15) is 0 Å². The average Bonchev–Trinajstić information content (AvgIpc) is 3.36. The number of nitrogens with zero attached hydrogens (tertiary/aromatic N) is 2. The van der Waals surface area contributed by atoms with E-state index >= 15 is 0 Å². The number of carbonyl (C=O) groups excluding carboxylic acids is 1. The lowest BCUT2D eigenvalue weighted by molar-refractivity contribution is -0.118. The molecule has 29 heavy (non-hydrogen) atoms. The number of furan rings is 1. The first-order chi connectivity index (χ1) is 14.1. The highest BCUT2D eigenvalue weighted by atomic mass is 35.5. The molecule has 2 heterocycles. The van der Waals surface area contributed by atoms with Gasteiger partial charge in [-0.15, -0.1) is 11.8 Å². The maximum absolute atomic E-state index is 13.0. The van der Waals surface area contributed by atoms with E-state index in [-0.39, 0.29) is 11.7 Å². The Bertz CT molecular complexity index is 1110. The molecule has 0 saturated heterocycles. The number of anilines is 1. The van der Waals surface area contributed by atoms with Crippen LogP contribution in [0.15, 0.2) is 70.2 Å². The summed E-state index contributed by atoms with van der Waals surface area (Å²) in [4.78, 5) is 20.2. The molecule has 0 aliphatic rings. The van der Waals surface area contributed by atoms with Gasteiger partial charge in [0.2, 0.25) is 5.91 Å². The molecule has 2 aromatic heterocycles. The summed E-state index contributed by atoms with van der Waals surface area (Å²) in [5.74, 6) is 0.935. The molecule has 0 aliphatic carbocycles. The van der Waals surface area contributed by atoms with Crippen LogP contribution in [0, 0.1) is 5.82 Å². The second kappa shape index (κ2) is 8.98. The highest BCUT2D eigenvalue weighted by Crippen LogP contribution is 2.32. The Morgan fingerprint density at radius 3 is 2.79 bits per heavy atom. The fourth-order valence-electron chi connectivity index (χ4n) is 2.74. The smallest absolute Gasteiger partial charge is 0.230 e. The van der Waals surface area contributed by atoms with Gasteiger partial charge in [0.15, 0.2) is 5.13 Å². The molecule has 0 N–H and O–H groups in total. The summed E-state index contributed by atoms with van der Waals surface area (Å²) < 4.78 is 19.4. The standard InChI is InChI=1S/C21H16ClFN2O2S2/c22-14-3-8-18-19(12-14)29-21(24-18)25(13-16-2-1-10-27-16)20(26)9-11-28-17-6-4-15(23)5-7-17/h1-8,10,12H,9,11,13H2. The summed E-state index contributed by atoms with van der Waals surface area (Å²) in [5.41, 5.74) is 0.798. The summed E-state index contributed by atoms with van der Waals surface area (Å²) >= 11 is 9.01. The van der Waals surface area contributed by atoms with Gasteiger partial charge in [-0.25, -0.2) is 9.37 Å². The Kier molecular flexibility index (Phi) is 6.18. The number of thiazole rings is 1. The SMILES string of the molecule is O=C(CCSc1ccc(F)cc1)N(Cc1ccco1)c1nc2ccc(Cl)cc2s1. The quantitative estimate of drug-likeness (QED) is 0.308. The van der Waals surface area contributed by atoms with Crippen LogP contribution in [-0.4, -0.2) is 16.6 Å². The van der Waals surface area contributed by atoms with E-state index < -0.39 is 0 Å². The van der Waals surface area contributed by atoms with Crippen LogP contribution in [0.3, 0.4) is 0 Å². The zero-order chi connectivity index (χ0) is 20.2. The lowest BCUT2D eigenvalue weighted by Gasteiger charge is -2.18. The number of carbonyl (C=O) groups is 1. The van der Waals surface area contributed by atoms with E-state index in [2.05, 4.69) is 4.98 Å². The molecule has 0 radical (unpaired) electrons. The number of amides is 1. The van der Waals surface area contributed by atoms with Crippen LogP contribution in [0.25, 0.3) is 10.2 Å². The summed E-state index contributed by atoms with van der Waals surface area (Å²) in [6.07, 6.45) is 1.90. The van der Waals surface area contributed by atoms with Crippen molar-refractivity contribution in [3.8, 4) is 0 Å². The fraction of sp³-hybridized carbons (Fsp3) is 0.143. The molecule has 148 valence electrons. The summed E-state index contributed by atoms with van der Waals surface area (Å²) in [6.45, 7) is 0.306. The largest absolute Gasteiger partial charge is 0.467 e. The lowest BCUT2D eigenvalue weighted by atomic mass is 10.3. The molecular weight excluding hydrogens is 431 g/mol. The zero-order valence-electron chi connectivity index (χ0n) is 15.2. The molecule has 0 unspecified atom stereocenters. The second-order valence-electron chi connectivity index (χ2n) is 6.22. The van der Waals surface area contributed by atoms with Crippen molar-refractivity contribution in [1.29, 1.82) is 0 Å². The Balaban J connectivity index is 1.51. The highest BCUT2D eigenvalue weighted by molar-refractivity contribution is 7.99. The first-order valence-corrected chi connectivity index (χ1v) is 11.0. The van der Waals surface area contributed by atoms with Crippen molar-refractivity contribution in [2.24, 2.45) is 0 Å². The van der Waals surface area contributed by atoms with Gasteiger partial charge in [0, 0.05) is 22.1 Å². The van der Waals surface area contributed by atoms with E-state index in [9.17, 15) is 9.18 Å². The monoisotopic (exact) mass is 446 g/mol. The Morgan fingerprint density at radius 2 is 2.03 bits per heavy atom. The number of fused-ring (bicyclic) bond motifs is 1. The van der Waals surface area contributed by atoms with Gasteiger partial charge in [0.05, 0.1) is 23.0 Å². The predicted octanol–water partition coefficient (Wildman–Crippen LogP) is 6.40. The summed E-state index contributed by atoms with van der Waals surface area (Å²) in [6, 6.07) is 15.4. The third kappa shape index (κ3) is 4.98. The number of aromatic nitrogens is 1. The third-order valence-corrected chi connectivity index (χ3v) is 6.45. The Morgan fingerprint density at radius 1 is 1.21 bits per heavy atom. The number of rotatable bonds is 7. The summed E-state index contributed by atoms with van der Waals surface area (Å²) in [5, 5.41) is 1.24. The highest BCUT2D eigenvalue weighted by Gasteiger charge is 2.21. The molecule has 0 bridgehead atoms. The topological polar surface area (TPSA) is 46.3 Å². The molecule has 8 heteroatoms. The second-order valence-corrected chi connectivity index (χ2v) is 8.83. The van der Waals surface area contributed by atoms with E-state index in [0.717, 1.165) is 15.1 Å². The van der Waals surface area contributed by atoms with Crippen molar-refractivity contribution >= 4 is 56.0 Å². The number of hydrogen-bond acceptors (Lipinski definition) is 5. The number of halogens is 2. The minimum absolute atomic E-state index is 0.0545. The predicted molar refractivity (Wildman–Crippen MR) is 116 cm³/mol. The lowest BCUT2D eigenvalue weighted by Crippen LogP contribution is -2.30. The van der Waals surface area contributed by atoms with Crippen molar-refractivity contribution in [3.63, 3.8) is 0 Å². The molecular formula is C21H16ClFN2O2S2. The van der Waals surface area contributed by atoms with Crippen LogP contribution in [-0.2, 0) is 11.3 Å². The molecule has 0 aliphatic heterocycles. The van der Waals surface area contributed by atoms with Crippen molar-refractivity contribution in [3.05, 3.63) is 77.5 Å². The van der Waals surface area contributed by atoms with Crippen LogP contribution in [0.5, 0.6) is 0 Å². The van der Waals surface area contributed by atoms with Gasteiger partial charge in [-0.1, -0.05) is 22.9 Å². The number of thioether (sulfide) groups is 1. The van der Waals surface area contributed by atoms with Crippen LogP contribution in [0.1, 0.15) is 12.2 Å². The number of hydrogen-bond donors (Lipinski definition) is 0. The molecule has 4 nitrogen and oxygen atoms in total. The fourth-order valence-corrected chi connectivity index (χ4v) is 4.84. The molecule has 4 aromatic rings. The van der Waals surface area contributed by atoms with E-state index in [4.69, 9.17) is 16.0 Å². The maximum Gasteiger partial charge on any atom is 0.230 e. The molecule has 1 amide bonds. The first kappa shape index (κ1) is 19.9. The van der Waals surface area contributed by atoms with Crippen LogP contribution >= 0.6 is 34.7 Å². The van der Waals surface area contributed by atoms with Gasteiger partial charge in [0.1, 0.15) is 11.6 Å². The van der Waals surface area contributed by atoms with Gasteiger partial charge < -0.3 is 4.42 Å². The molecule has 0 fully saturated rings. The van der Waals surface area contributed by atoms with E-state index in [1.165, 1.54) is 35.2 Å². The molecule has 2 aromatic carbocycles. The first-order valence-electron chi connectivity index (χ1n) is 8.86. The van der Waals surface area contributed by atoms with Crippen molar-refractivity contribution < 1.29 is 13.6 Å². The van der Waals surface area contributed by atoms with E-state index in [1.807, 2.05) is 18.2 Å². The minimum Gasteiger partial charge on any atom is -0.467 e. The molecule has 0 spiro atoms. The van der Waals surface area contributed by atoms with Crippen LogP contribution in [0.4, 0.5) is 9.52 Å². The molecule has 0 atom stereocenters. The Hall–Kier alpha value is -2.35. The average molecular weight is 447 g/mol.